The van der Waals surface area contributed by atoms with Gasteiger partial charge < -0.3 is 16.0 Å². The Morgan fingerprint density at radius 3 is 3.09 bits per heavy atom. The molecule has 1 atom stereocenters. The number of nitrogens with one attached hydrogen (secondary N) is 1. The van der Waals surface area contributed by atoms with E-state index >= 15 is 0 Å². The average molecular weight is 331 g/mol. The number of likely N-dealkylation sites (tertiary alicyclic amines) is 1. The molecule has 23 heavy (non-hydrogen) atoms. The van der Waals surface area contributed by atoms with E-state index in [2.05, 4.69) is 15.3 Å². The summed E-state index contributed by atoms with van der Waals surface area (Å²) in [5.41, 5.74) is 6.80. The molecule has 1 saturated heterocycles. The maximum atomic E-state index is 11.2. The number of amides is 2. The van der Waals surface area contributed by atoms with E-state index in [4.69, 9.17) is 5.73 Å². The van der Waals surface area contributed by atoms with E-state index in [1.165, 1.54) is 35.1 Å². The average Bonchev–Trinajstić information content (AvgIpc) is 3.17. The molecule has 7 heteroatoms. The Morgan fingerprint density at radius 2 is 2.26 bits per heavy atom. The molecule has 122 valence electrons. The van der Waals surface area contributed by atoms with Gasteiger partial charge in [0.25, 0.3) is 0 Å². The summed E-state index contributed by atoms with van der Waals surface area (Å²) in [6.45, 7) is 2.31. The third-order valence-electron chi connectivity index (χ3n) is 4.91. The first kappa shape index (κ1) is 14.7. The lowest BCUT2D eigenvalue weighted by atomic mass is 9.97. The van der Waals surface area contributed by atoms with Gasteiger partial charge in [-0.15, -0.1) is 11.3 Å². The van der Waals surface area contributed by atoms with Gasteiger partial charge in [0.05, 0.1) is 5.39 Å². The molecule has 0 spiro atoms. The molecule has 0 radical (unpaired) electrons. The van der Waals surface area contributed by atoms with Crippen LogP contribution in [0.4, 0.5) is 10.6 Å². The number of anilines is 1. The van der Waals surface area contributed by atoms with Crippen LogP contribution in [0, 0.1) is 5.92 Å². The van der Waals surface area contributed by atoms with Crippen molar-refractivity contribution in [3.8, 4) is 0 Å². The zero-order chi connectivity index (χ0) is 15.8. The summed E-state index contributed by atoms with van der Waals surface area (Å²) in [6.07, 6.45) is 7.48. The third-order valence-corrected chi connectivity index (χ3v) is 6.11. The lowest BCUT2D eigenvalue weighted by Crippen LogP contribution is -2.34. The quantitative estimate of drug-likeness (QED) is 0.904. The Labute approximate surface area is 139 Å². The summed E-state index contributed by atoms with van der Waals surface area (Å²) in [5.74, 6) is 1.38. The number of primary amides is 1. The van der Waals surface area contributed by atoms with E-state index in [9.17, 15) is 4.79 Å². The second kappa shape index (κ2) is 5.96. The molecule has 4 rings (SSSR count). The first-order valence-corrected chi connectivity index (χ1v) is 9.07. The monoisotopic (exact) mass is 331 g/mol. The number of hydrogen-bond acceptors (Lipinski definition) is 5. The van der Waals surface area contributed by atoms with Gasteiger partial charge in [0.15, 0.2) is 0 Å². The zero-order valence-electron chi connectivity index (χ0n) is 13.0. The summed E-state index contributed by atoms with van der Waals surface area (Å²) < 4.78 is 0. The number of thiophene rings is 1. The van der Waals surface area contributed by atoms with Crippen LogP contribution in [-0.4, -0.2) is 40.5 Å². The number of rotatable bonds is 3. The molecule has 2 aromatic rings. The fourth-order valence-electron chi connectivity index (χ4n) is 3.66. The summed E-state index contributed by atoms with van der Waals surface area (Å²) in [7, 11) is 0. The minimum Gasteiger partial charge on any atom is -0.369 e. The minimum atomic E-state index is -0.316. The van der Waals surface area contributed by atoms with Gasteiger partial charge in [0.2, 0.25) is 0 Å². The molecule has 0 aromatic carbocycles. The Kier molecular flexibility index (Phi) is 3.80. The maximum absolute atomic E-state index is 11.2. The number of carbonyl (C=O) groups is 1. The molecular weight excluding hydrogens is 310 g/mol. The molecular formula is C16H21N5OS. The van der Waals surface area contributed by atoms with Crippen LogP contribution in [0.2, 0.25) is 0 Å². The normalized spacial score (nSPS) is 20.7. The molecule has 2 aliphatic rings. The predicted octanol–water partition coefficient (Wildman–Crippen LogP) is 2.38. The van der Waals surface area contributed by atoms with Crippen molar-refractivity contribution in [3.05, 3.63) is 16.8 Å². The summed E-state index contributed by atoms with van der Waals surface area (Å²) in [4.78, 5) is 24.5. The standard InChI is InChI=1S/C16H21N5OS/c17-16(22)21-6-5-10(8-21)7-18-14-13-11-3-1-2-4-12(11)23-15(13)20-9-19-14/h9-10H,1-8H2,(H2,17,22)(H,18,19,20)/t10-/m0/s1. The molecule has 2 aromatic heterocycles. The first-order chi connectivity index (χ1) is 11.2. The smallest absolute Gasteiger partial charge is 0.314 e. The fourth-order valence-corrected chi connectivity index (χ4v) is 4.89. The second-order valence-corrected chi connectivity index (χ2v) is 7.52. The van der Waals surface area contributed by atoms with Gasteiger partial charge in [-0.2, -0.15) is 0 Å². The van der Waals surface area contributed by atoms with Crippen LogP contribution >= 0.6 is 11.3 Å². The van der Waals surface area contributed by atoms with Gasteiger partial charge >= 0.3 is 6.03 Å². The highest BCUT2D eigenvalue weighted by Crippen LogP contribution is 2.38. The van der Waals surface area contributed by atoms with E-state index in [-0.39, 0.29) is 6.03 Å². The number of hydrogen-bond donors (Lipinski definition) is 2. The number of nitrogens with zero attached hydrogens (tertiary/aromatic N) is 3. The largest absolute Gasteiger partial charge is 0.369 e. The number of urea groups is 1. The number of nitrogens with two attached hydrogens (primary N) is 1. The van der Waals surface area contributed by atoms with Crippen molar-refractivity contribution in [2.45, 2.75) is 32.1 Å². The van der Waals surface area contributed by atoms with Gasteiger partial charge in [0.1, 0.15) is 17.0 Å². The molecule has 6 nitrogen and oxygen atoms in total. The van der Waals surface area contributed by atoms with Crippen molar-refractivity contribution < 1.29 is 4.79 Å². The van der Waals surface area contributed by atoms with Crippen LogP contribution in [0.25, 0.3) is 10.2 Å². The Morgan fingerprint density at radius 1 is 1.39 bits per heavy atom. The van der Waals surface area contributed by atoms with Crippen LogP contribution in [-0.2, 0) is 12.8 Å². The highest BCUT2D eigenvalue weighted by atomic mass is 32.1. The van der Waals surface area contributed by atoms with E-state index in [1.54, 1.807) is 11.2 Å². The number of carbonyl (C=O) groups excluding carboxylic acids is 1. The van der Waals surface area contributed by atoms with E-state index in [0.29, 0.717) is 5.92 Å². The molecule has 1 fully saturated rings. The van der Waals surface area contributed by atoms with Crippen molar-refractivity contribution in [3.63, 3.8) is 0 Å². The lowest BCUT2D eigenvalue weighted by molar-refractivity contribution is 0.217. The molecule has 1 aliphatic carbocycles. The Bertz CT molecular complexity index is 743. The topological polar surface area (TPSA) is 84.1 Å². The molecule has 2 amide bonds. The predicted molar refractivity (Wildman–Crippen MR) is 91.8 cm³/mol. The molecule has 3 N–H and O–H groups in total. The third kappa shape index (κ3) is 2.73. The van der Waals surface area contributed by atoms with Crippen LogP contribution in [0.1, 0.15) is 29.7 Å². The fraction of sp³-hybridized carbons (Fsp3) is 0.562. The molecule has 0 saturated carbocycles. The second-order valence-electron chi connectivity index (χ2n) is 6.43. The molecule has 3 heterocycles. The van der Waals surface area contributed by atoms with E-state index in [0.717, 1.165) is 43.1 Å². The van der Waals surface area contributed by atoms with Crippen molar-refractivity contribution in [2.24, 2.45) is 11.7 Å². The maximum Gasteiger partial charge on any atom is 0.314 e. The van der Waals surface area contributed by atoms with Gasteiger partial charge in [0, 0.05) is 24.5 Å². The zero-order valence-corrected chi connectivity index (χ0v) is 13.9. The van der Waals surface area contributed by atoms with E-state index < -0.39 is 0 Å². The Balaban J connectivity index is 1.53. The summed E-state index contributed by atoms with van der Waals surface area (Å²) in [6, 6.07) is -0.316. The molecule has 1 aliphatic heterocycles. The number of fused-ring (bicyclic) bond motifs is 3. The molecule has 0 bridgehead atoms. The van der Waals surface area contributed by atoms with Gasteiger partial charge in [-0.1, -0.05) is 0 Å². The van der Waals surface area contributed by atoms with Crippen molar-refractivity contribution in [1.29, 1.82) is 0 Å². The summed E-state index contributed by atoms with van der Waals surface area (Å²) >= 11 is 1.82. The van der Waals surface area contributed by atoms with Crippen LogP contribution in [0.5, 0.6) is 0 Å². The van der Waals surface area contributed by atoms with Crippen molar-refractivity contribution in [2.75, 3.05) is 25.0 Å². The molecule has 0 unspecified atom stereocenters. The Hall–Kier alpha value is -1.89. The van der Waals surface area contributed by atoms with Gasteiger partial charge in [-0.05, 0) is 43.6 Å². The lowest BCUT2D eigenvalue weighted by Gasteiger charge is -2.15. The van der Waals surface area contributed by atoms with Crippen LogP contribution in [0.15, 0.2) is 6.33 Å². The van der Waals surface area contributed by atoms with E-state index in [1.807, 2.05) is 11.3 Å². The SMILES string of the molecule is NC(=O)N1CC[C@@H](CNc2ncnc3sc4c(c23)CCCC4)C1. The van der Waals surface area contributed by atoms with Gasteiger partial charge in [-0.3, -0.25) is 0 Å². The minimum absolute atomic E-state index is 0.316. The number of aromatic nitrogens is 2. The highest BCUT2D eigenvalue weighted by Gasteiger charge is 2.25. The van der Waals surface area contributed by atoms with Crippen molar-refractivity contribution in [1.82, 2.24) is 14.9 Å². The number of aryl methyl sites for hydroxylation is 2. The first-order valence-electron chi connectivity index (χ1n) is 8.26. The van der Waals surface area contributed by atoms with Crippen molar-refractivity contribution >= 4 is 33.4 Å². The van der Waals surface area contributed by atoms with Crippen LogP contribution < -0.4 is 11.1 Å². The summed E-state index contributed by atoms with van der Waals surface area (Å²) in [5, 5.41) is 4.72. The van der Waals surface area contributed by atoms with Gasteiger partial charge in [-0.25, -0.2) is 14.8 Å². The van der Waals surface area contributed by atoms with Crippen LogP contribution in [0.3, 0.4) is 0 Å². The highest BCUT2D eigenvalue weighted by molar-refractivity contribution is 7.19.